The van der Waals surface area contributed by atoms with Gasteiger partial charge in [-0.15, -0.1) is 0 Å². The summed E-state index contributed by atoms with van der Waals surface area (Å²) in [6.07, 6.45) is 1.55. The molecule has 1 aromatic heterocycles. The Morgan fingerprint density at radius 3 is 2.38 bits per heavy atom. The summed E-state index contributed by atoms with van der Waals surface area (Å²) >= 11 is 0. The van der Waals surface area contributed by atoms with E-state index in [-0.39, 0.29) is 11.1 Å². The Hall–Kier alpha value is -3.35. The van der Waals surface area contributed by atoms with Crippen LogP contribution in [-0.2, 0) is 0 Å². The van der Waals surface area contributed by atoms with Gasteiger partial charge in [0.1, 0.15) is 0 Å². The second kappa shape index (κ2) is 6.04. The molecular formula is C17H14N2O5. The second-order valence-corrected chi connectivity index (χ2v) is 4.98. The van der Waals surface area contributed by atoms with Gasteiger partial charge in [0.05, 0.1) is 37.1 Å². The van der Waals surface area contributed by atoms with E-state index in [4.69, 9.17) is 14.6 Å². The summed E-state index contributed by atoms with van der Waals surface area (Å²) in [5, 5.41) is 14.1. The van der Waals surface area contributed by atoms with Gasteiger partial charge in [0.2, 0.25) is 0 Å². The standard InChI is InChI=1S/C17H14N2O5/c1-23-13-8-5-11-9-18-19(16(20)14(11)15(13)24-2)12-6-3-10(4-7-12)17(21)22/h3-9H,1-2H3,(H,21,22). The molecule has 3 rings (SSSR count). The van der Waals surface area contributed by atoms with E-state index < -0.39 is 5.97 Å². The van der Waals surface area contributed by atoms with Crippen LogP contribution in [0.2, 0.25) is 0 Å². The molecule has 3 aromatic rings. The molecule has 0 radical (unpaired) electrons. The van der Waals surface area contributed by atoms with E-state index in [1.165, 1.54) is 43.2 Å². The number of hydrogen-bond donors (Lipinski definition) is 1. The molecule has 0 saturated carbocycles. The Morgan fingerprint density at radius 2 is 1.79 bits per heavy atom. The van der Waals surface area contributed by atoms with Crippen molar-refractivity contribution in [1.82, 2.24) is 9.78 Å². The maximum atomic E-state index is 12.8. The summed E-state index contributed by atoms with van der Waals surface area (Å²) in [6, 6.07) is 9.31. The van der Waals surface area contributed by atoms with E-state index in [2.05, 4.69) is 5.10 Å². The molecular weight excluding hydrogens is 312 g/mol. The van der Waals surface area contributed by atoms with Gasteiger partial charge < -0.3 is 14.6 Å². The number of carboxylic acids is 1. The lowest BCUT2D eigenvalue weighted by Crippen LogP contribution is -2.21. The minimum atomic E-state index is -1.04. The van der Waals surface area contributed by atoms with Crippen LogP contribution in [0.1, 0.15) is 10.4 Å². The molecule has 7 nitrogen and oxygen atoms in total. The van der Waals surface area contributed by atoms with Gasteiger partial charge in [0.25, 0.3) is 5.56 Å². The molecule has 0 aliphatic carbocycles. The third-order valence-corrected chi connectivity index (χ3v) is 3.66. The number of fused-ring (bicyclic) bond motifs is 1. The minimum absolute atomic E-state index is 0.131. The summed E-state index contributed by atoms with van der Waals surface area (Å²) in [5.41, 5.74) is 0.204. The lowest BCUT2D eigenvalue weighted by Gasteiger charge is -2.12. The fourth-order valence-corrected chi connectivity index (χ4v) is 2.48. The topological polar surface area (TPSA) is 90.7 Å². The molecule has 122 valence electrons. The molecule has 0 amide bonds. The molecule has 0 unspecified atom stereocenters. The number of carboxylic acid groups (broad SMARTS) is 1. The van der Waals surface area contributed by atoms with Gasteiger partial charge >= 0.3 is 5.97 Å². The Balaban J connectivity index is 2.24. The lowest BCUT2D eigenvalue weighted by atomic mass is 10.1. The average Bonchev–Trinajstić information content (AvgIpc) is 2.61. The third kappa shape index (κ3) is 2.45. The minimum Gasteiger partial charge on any atom is -0.493 e. The SMILES string of the molecule is COc1ccc2cnn(-c3ccc(C(=O)O)cc3)c(=O)c2c1OC. The normalized spacial score (nSPS) is 10.6. The maximum absolute atomic E-state index is 12.8. The molecule has 7 heteroatoms. The molecule has 0 aliphatic heterocycles. The smallest absolute Gasteiger partial charge is 0.335 e. The zero-order valence-electron chi connectivity index (χ0n) is 13.0. The molecule has 0 saturated heterocycles. The van der Waals surface area contributed by atoms with E-state index in [1.807, 2.05) is 0 Å². The molecule has 24 heavy (non-hydrogen) atoms. The fraction of sp³-hybridized carbons (Fsp3) is 0.118. The molecule has 0 aliphatic rings. The van der Waals surface area contributed by atoms with Gasteiger partial charge in [-0.1, -0.05) is 0 Å². The van der Waals surface area contributed by atoms with Gasteiger partial charge in [0.15, 0.2) is 11.5 Å². The number of ether oxygens (including phenoxy) is 2. The zero-order chi connectivity index (χ0) is 17.3. The average molecular weight is 326 g/mol. The Labute approximate surface area is 136 Å². The van der Waals surface area contributed by atoms with Crippen LogP contribution in [0, 0.1) is 0 Å². The fourth-order valence-electron chi connectivity index (χ4n) is 2.48. The summed E-state index contributed by atoms with van der Waals surface area (Å²) in [7, 11) is 2.96. The largest absolute Gasteiger partial charge is 0.493 e. The van der Waals surface area contributed by atoms with Crippen LogP contribution in [-0.4, -0.2) is 35.1 Å². The summed E-state index contributed by atoms with van der Waals surface area (Å²) in [5.74, 6) is -0.258. The van der Waals surface area contributed by atoms with E-state index in [9.17, 15) is 9.59 Å². The van der Waals surface area contributed by atoms with Gasteiger partial charge in [0, 0.05) is 5.39 Å². The van der Waals surface area contributed by atoms with Crippen molar-refractivity contribution < 1.29 is 19.4 Å². The highest BCUT2D eigenvalue weighted by Crippen LogP contribution is 2.32. The van der Waals surface area contributed by atoms with Gasteiger partial charge in [-0.2, -0.15) is 9.78 Å². The van der Waals surface area contributed by atoms with Crippen molar-refractivity contribution in [2.45, 2.75) is 0 Å². The molecule has 0 bridgehead atoms. The first-order chi connectivity index (χ1) is 11.6. The number of methoxy groups -OCH3 is 2. The van der Waals surface area contributed by atoms with Crippen molar-refractivity contribution in [1.29, 1.82) is 0 Å². The first-order valence-electron chi connectivity index (χ1n) is 7.03. The zero-order valence-corrected chi connectivity index (χ0v) is 13.0. The predicted molar refractivity (Wildman–Crippen MR) is 87.4 cm³/mol. The summed E-state index contributed by atoms with van der Waals surface area (Å²) in [4.78, 5) is 23.8. The maximum Gasteiger partial charge on any atom is 0.335 e. The summed E-state index contributed by atoms with van der Waals surface area (Å²) < 4.78 is 11.7. The number of aromatic nitrogens is 2. The van der Waals surface area contributed by atoms with Crippen molar-refractivity contribution >= 4 is 16.7 Å². The number of carbonyl (C=O) groups is 1. The van der Waals surface area contributed by atoms with Crippen LogP contribution in [0.3, 0.4) is 0 Å². The van der Waals surface area contributed by atoms with E-state index >= 15 is 0 Å². The van der Waals surface area contributed by atoms with Gasteiger partial charge in [-0.3, -0.25) is 4.79 Å². The Bertz CT molecular complexity index is 977. The molecule has 1 heterocycles. The molecule has 0 fully saturated rings. The Kier molecular flexibility index (Phi) is 3.91. The molecule has 1 N–H and O–H groups in total. The monoisotopic (exact) mass is 326 g/mol. The van der Waals surface area contributed by atoms with E-state index in [0.29, 0.717) is 28.0 Å². The van der Waals surface area contributed by atoms with Gasteiger partial charge in [-0.05, 0) is 36.4 Å². The number of benzene rings is 2. The quantitative estimate of drug-likeness (QED) is 0.789. The molecule has 2 aromatic carbocycles. The number of hydrogen-bond acceptors (Lipinski definition) is 5. The van der Waals surface area contributed by atoms with Crippen LogP contribution in [0.15, 0.2) is 47.4 Å². The molecule has 0 spiro atoms. The highest BCUT2D eigenvalue weighted by Gasteiger charge is 2.15. The van der Waals surface area contributed by atoms with Crippen LogP contribution < -0.4 is 15.0 Å². The van der Waals surface area contributed by atoms with Crippen LogP contribution in [0.4, 0.5) is 0 Å². The summed E-state index contributed by atoms with van der Waals surface area (Å²) in [6.45, 7) is 0. The number of rotatable bonds is 4. The van der Waals surface area contributed by atoms with Crippen molar-refractivity contribution in [3.8, 4) is 17.2 Å². The van der Waals surface area contributed by atoms with E-state index in [0.717, 1.165) is 0 Å². The number of aromatic carboxylic acids is 1. The highest BCUT2D eigenvalue weighted by atomic mass is 16.5. The van der Waals surface area contributed by atoms with Gasteiger partial charge in [-0.25, -0.2) is 4.79 Å². The van der Waals surface area contributed by atoms with Crippen LogP contribution >= 0.6 is 0 Å². The van der Waals surface area contributed by atoms with Crippen molar-refractivity contribution in [2.24, 2.45) is 0 Å². The Morgan fingerprint density at radius 1 is 1.08 bits per heavy atom. The van der Waals surface area contributed by atoms with Crippen molar-refractivity contribution in [2.75, 3.05) is 14.2 Å². The predicted octanol–water partition coefficient (Wildman–Crippen LogP) is 2.10. The second-order valence-electron chi connectivity index (χ2n) is 4.98. The van der Waals surface area contributed by atoms with Crippen LogP contribution in [0.25, 0.3) is 16.5 Å². The first kappa shape index (κ1) is 15.5. The number of nitrogens with zero attached hydrogens (tertiary/aromatic N) is 2. The van der Waals surface area contributed by atoms with Crippen molar-refractivity contribution in [3.63, 3.8) is 0 Å². The third-order valence-electron chi connectivity index (χ3n) is 3.66. The van der Waals surface area contributed by atoms with E-state index in [1.54, 1.807) is 18.3 Å². The van der Waals surface area contributed by atoms with Crippen LogP contribution in [0.5, 0.6) is 11.5 Å². The first-order valence-corrected chi connectivity index (χ1v) is 7.03. The molecule has 0 atom stereocenters. The lowest BCUT2D eigenvalue weighted by molar-refractivity contribution is 0.0697. The van der Waals surface area contributed by atoms with Crippen molar-refractivity contribution in [3.05, 3.63) is 58.5 Å². The highest BCUT2D eigenvalue weighted by molar-refractivity contribution is 5.90.